The number of guanidine groups is 1. The Labute approximate surface area is 161 Å². The Morgan fingerprint density at radius 1 is 1.36 bits per heavy atom. The van der Waals surface area contributed by atoms with Crippen molar-refractivity contribution in [2.75, 3.05) is 18.1 Å². The predicted molar refractivity (Wildman–Crippen MR) is 105 cm³/mol. The van der Waals surface area contributed by atoms with Crippen LogP contribution in [0.5, 0.6) is 0 Å². The summed E-state index contributed by atoms with van der Waals surface area (Å²) in [7, 11) is -1.28. The smallest absolute Gasteiger partial charge is 0.274 e. The van der Waals surface area contributed by atoms with Crippen molar-refractivity contribution >= 4 is 33.1 Å². The molecule has 3 rings (SSSR count). The molecule has 0 aliphatic carbocycles. The van der Waals surface area contributed by atoms with E-state index < -0.39 is 32.8 Å². The molecule has 2 heterocycles. The Morgan fingerprint density at radius 3 is 2.68 bits per heavy atom. The van der Waals surface area contributed by atoms with E-state index in [0.29, 0.717) is 0 Å². The second kappa shape index (κ2) is 6.86. The molecule has 0 fully saturated rings. The quantitative estimate of drug-likeness (QED) is 0.757. The van der Waals surface area contributed by atoms with Crippen LogP contribution in [0.2, 0.25) is 0 Å². The lowest BCUT2D eigenvalue weighted by Crippen LogP contribution is -2.50. The van der Waals surface area contributed by atoms with Gasteiger partial charge in [0.15, 0.2) is 0 Å². The molecule has 1 aromatic carbocycles. The first-order valence-corrected chi connectivity index (χ1v) is 10.0. The first kappa shape index (κ1) is 19.7. The number of nitrogens with zero attached hydrogens (tertiary/aromatic N) is 3. The van der Waals surface area contributed by atoms with E-state index in [1.807, 2.05) is 0 Å². The zero-order valence-corrected chi connectivity index (χ0v) is 16.1. The maximum Gasteiger partial charge on any atom is 0.274 e. The number of amides is 1. The summed E-state index contributed by atoms with van der Waals surface area (Å²) in [4.78, 5) is 20.3. The predicted octanol–water partition coefficient (Wildman–Crippen LogP) is 1.72. The summed E-state index contributed by atoms with van der Waals surface area (Å²) >= 11 is 0. The number of hydrogen-bond donors (Lipinski definition) is 2. The number of carbonyl (C=O) groups is 1. The topological polar surface area (TPSA) is 101 Å². The van der Waals surface area contributed by atoms with E-state index in [4.69, 9.17) is 5.73 Å². The van der Waals surface area contributed by atoms with E-state index in [0.717, 1.165) is 12.3 Å². The second-order valence-corrected chi connectivity index (χ2v) is 9.05. The number of nitrogens with one attached hydrogen (secondary N) is 1. The molecular formula is C18H19F2N5O2S. The molecule has 1 amide bonds. The number of anilines is 1. The lowest BCUT2D eigenvalue weighted by atomic mass is 9.93. The van der Waals surface area contributed by atoms with E-state index in [2.05, 4.69) is 21.2 Å². The average Bonchev–Trinajstić information content (AvgIpc) is 2.61. The van der Waals surface area contributed by atoms with Crippen LogP contribution in [0.4, 0.5) is 14.5 Å². The van der Waals surface area contributed by atoms with Crippen molar-refractivity contribution in [2.24, 2.45) is 10.7 Å². The van der Waals surface area contributed by atoms with E-state index in [1.54, 1.807) is 6.92 Å². The van der Waals surface area contributed by atoms with Gasteiger partial charge in [0.25, 0.3) is 5.91 Å². The van der Waals surface area contributed by atoms with Crippen LogP contribution in [0.15, 0.2) is 41.5 Å². The molecule has 7 nitrogen and oxygen atoms in total. The third-order valence-corrected chi connectivity index (χ3v) is 6.65. The van der Waals surface area contributed by atoms with Crippen LogP contribution in [0, 0.1) is 11.6 Å². The Bertz CT molecular complexity index is 1070. The summed E-state index contributed by atoms with van der Waals surface area (Å²) in [5.41, 5.74) is 5.01. The van der Waals surface area contributed by atoms with Crippen molar-refractivity contribution in [3.05, 3.63) is 59.4 Å². The van der Waals surface area contributed by atoms with Crippen LogP contribution >= 0.6 is 0 Å². The molecule has 2 aromatic rings. The molecule has 10 heteroatoms. The van der Waals surface area contributed by atoms with Crippen molar-refractivity contribution < 1.29 is 17.8 Å². The standard InChI is InChI=1S/C18H19F2N5O2S/c1-18(10-28(3,27)25(2)17(21)24-18)13-8-12(5-6-14(13)20)23-16(26)15-7-4-11(19)9-22-15/h4-9H,3,10H2,1-2H3,(H2,21,24)(H,23,26)/t18-,28?/m0/s1. The number of aromatic nitrogens is 1. The van der Waals surface area contributed by atoms with Gasteiger partial charge in [0.2, 0.25) is 5.96 Å². The zero-order valence-electron chi connectivity index (χ0n) is 15.3. The van der Waals surface area contributed by atoms with Gasteiger partial charge < -0.3 is 11.1 Å². The van der Waals surface area contributed by atoms with Gasteiger partial charge in [0, 0.05) is 18.3 Å². The SMILES string of the molecule is C=S1(=O)C[C@@](C)(c2cc(NC(=O)c3ccc(F)cn3)ccc2F)N=C(N)N1C. The van der Waals surface area contributed by atoms with Gasteiger partial charge in [0.05, 0.1) is 21.7 Å². The van der Waals surface area contributed by atoms with Gasteiger partial charge in [-0.25, -0.2) is 23.0 Å². The number of carbonyl (C=O) groups excluding carboxylic acids is 1. The fourth-order valence-electron chi connectivity index (χ4n) is 2.92. The molecule has 1 aliphatic rings. The minimum absolute atomic E-state index is 0.000760. The van der Waals surface area contributed by atoms with Gasteiger partial charge in [-0.1, -0.05) is 0 Å². The molecule has 1 unspecified atom stereocenters. The lowest BCUT2D eigenvalue weighted by Gasteiger charge is -2.37. The van der Waals surface area contributed by atoms with E-state index in [9.17, 15) is 17.8 Å². The highest BCUT2D eigenvalue weighted by Gasteiger charge is 2.38. The van der Waals surface area contributed by atoms with Crippen LogP contribution in [0.3, 0.4) is 0 Å². The van der Waals surface area contributed by atoms with Gasteiger partial charge in [-0.05, 0) is 43.1 Å². The number of rotatable bonds is 3. The normalized spacial score (nSPS) is 24.6. The summed E-state index contributed by atoms with van der Waals surface area (Å²) < 4.78 is 41.6. The Hall–Kier alpha value is -3.01. The van der Waals surface area contributed by atoms with Crippen LogP contribution in [0.25, 0.3) is 0 Å². The van der Waals surface area contributed by atoms with Crippen molar-refractivity contribution in [3.8, 4) is 0 Å². The molecule has 148 valence electrons. The van der Waals surface area contributed by atoms with Gasteiger partial charge in [-0.15, -0.1) is 0 Å². The number of benzene rings is 1. The summed E-state index contributed by atoms with van der Waals surface area (Å²) in [6, 6.07) is 6.28. The van der Waals surface area contributed by atoms with Crippen molar-refractivity contribution in [2.45, 2.75) is 12.5 Å². The highest BCUT2D eigenvalue weighted by molar-refractivity contribution is 7.98. The number of hydrogen-bond acceptors (Lipinski definition) is 5. The van der Waals surface area contributed by atoms with Gasteiger partial charge >= 0.3 is 0 Å². The zero-order chi connectivity index (χ0) is 20.7. The largest absolute Gasteiger partial charge is 0.369 e. The Kier molecular flexibility index (Phi) is 4.84. The Balaban J connectivity index is 1.96. The monoisotopic (exact) mass is 407 g/mol. The first-order valence-electron chi connectivity index (χ1n) is 8.19. The van der Waals surface area contributed by atoms with E-state index in [1.165, 1.54) is 35.6 Å². The summed E-state index contributed by atoms with van der Waals surface area (Å²) in [5, 5.41) is 2.57. The molecular weight excluding hydrogens is 388 g/mol. The summed E-state index contributed by atoms with van der Waals surface area (Å²) in [6.45, 7) is 1.60. The van der Waals surface area contributed by atoms with Gasteiger partial charge in [0.1, 0.15) is 22.9 Å². The van der Waals surface area contributed by atoms with Crippen LogP contribution in [-0.4, -0.2) is 44.0 Å². The lowest BCUT2D eigenvalue weighted by molar-refractivity contribution is 0.102. The minimum atomic E-state index is -2.79. The number of nitrogens with two attached hydrogens (primary N) is 1. The molecule has 1 aromatic heterocycles. The number of halogens is 2. The van der Waals surface area contributed by atoms with Crippen LogP contribution in [0.1, 0.15) is 23.0 Å². The molecule has 28 heavy (non-hydrogen) atoms. The molecule has 3 N–H and O–H groups in total. The van der Waals surface area contributed by atoms with Gasteiger partial charge in [-0.2, -0.15) is 0 Å². The van der Waals surface area contributed by atoms with E-state index in [-0.39, 0.29) is 28.7 Å². The summed E-state index contributed by atoms with van der Waals surface area (Å²) in [5.74, 6) is 1.88. The molecule has 0 bridgehead atoms. The maximum atomic E-state index is 14.6. The molecule has 0 radical (unpaired) electrons. The molecule has 2 atom stereocenters. The van der Waals surface area contributed by atoms with Crippen molar-refractivity contribution in [3.63, 3.8) is 0 Å². The minimum Gasteiger partial charge on any atom is -0.369 e. The first-order chi connectivity index (χ1) is 13.0. The third-order valence-electron chi connectivity index (χ3n) is 4.45. The molecule has 0 saturated heterocycles. The van der Waals surface area contributed by atoms with Crippen molar-refractivity contribution in [1.29, 1.82) is 0 Å². The molecule has 0 spiro atoms. The second-order valence-electron chi connectivity index (χ2n) is 6.67. The Morgan fingerprint density at radius 2 is 2.07 bits per heavy atom. The maximum absolute atomic E-state index is 14.6. The van der Waals surface area contributed by atoms with Crippen LogP contribution < -0.4 is 11.1 Å². The molecule has 1 aliphatic heterocycles. The number of aliphatic imine (C=N–C) groups is 1. The fraction of sp³-hybridized carbons (Fsp3) is 0.222. The molecule has 0 saturated carbocycles. The number of pyridine rings is 1. The highest BCUT2D eigenvalue weighted by atomic mass is 32.2. The van der Waals surface area contributed by atoms with Crippen molar-refractivity contribution in [1.82, 2.24) is 9.29 Å². The summed E-state index contributed by atoms with van der Waals surface area (Å²) in [6.07, 6.45) is 0.924. The van der Waals surface area contributed by atoms with Crippen LogP contribution in [-0.2, 0) is 15.2 Å². The fourth-order valence-corrected chi connectivity index (χ4v) is 4.59. The third kappa shape index (κ3) is 3.68. The van der Waals surface area contributed by atoms with Gasteiger partial charge in [-0.3, -0.25) is 9.10 Å². The highest BCUT2D eigenvalue weighted by Crippen LogP contribution is 2.34. The van der Waals surface area contributed by atoms with E-state index >= 15 is 0 Å². The average molecular weight is 407 g/mol.